The van der Waals surface area contributed by atoms with Crippen LogP contribution < -0.4 is 14.8 Å². The van der Waals surface area contributed by atoms with Gasteiger partial charge in [-0.15, -0.1) is 0 Å². The second kappa shape index (κ2) is 6.96. The molecule has 0 atom stereocenters. The number of aryl methyl sites for hydroxylation is 1. The van der Waals surface area contributed by atoms with E-state index in [0.717, 1.165) is 42.3 Å². The second-order valence-electron chi connectivity index (χ2n) is 4.63. The van der Waals surface area contributed by atoms with Gasteiger partial charge in [-0.05, 0) is 23.8 Å². The van der Waals surface area contributed by atoms with Crippen molar-refractivity contribution in [3.63, 3.8) is 0 Å². The van der Waals surface area contributed by atoms with E-state index < -0.39 is 0 Å². The number of nitrogens with one attached hydrogen (secondary N) is 1. The number of rotatable bonds is 7. The fraction of sp³-hybridized carbons (Fsp3) is 0.400. The van der Waals surface area contributed by atoms with Gasteiger partial charge in [-0.2, -0.15) is 5.10 Å². The average Bonchev–Trinajstić information content (AvgIpc) is 2.88. The van der Waals surface area contributed by atoms with E-state index in [2.05, 4.69) is 10.4 Å². The SMILES string of the molecule is COc1cc(CNCCc2ccn(C)n2)cc(OC)c1. The van der Waals surface area contributed by atoms with Crippen molar-refractivity contribution >= 4 is 0 Å². The molecule has 2 aromatic rings. The minimum absolute atomic E-state index is 0.778. The van der Waals surface area contributed by atoms with Crippen molar-refractivity contribution in [3.8, 4) is 11.5 Å². The smallest absolute Gasteiger partial charge is 0.122 e. The lowest BCUT2D eigenvalue weighted by Crippen LogP contribution is -2.17. The molecule has 0 aliphatic rings. The van der Waals surface area contributed by atoms with Crippen molar-refractivity contribution in [2.45, 2.75) is 13.0 Å². The van der Waals surface area contributed by atoms with Gasteiger partial charge in [0.15, 0.2) is 0 Å². The number of aromatic nitrogens is 2. The minimum atomic E-state index is 0.778. The van der Waals surface area contributed by atoms with Crippen LogP contribution in [0.5, 0.6) is 11.5 Å². The fourth-order valence-electron chi connectivity index (χ4n) is 2.01. The van der Waals surface area contributed by atoms with Gasteiger partial charge in [-0.3, -0.25) is 4.68 Å². The maximum atomic E-state index is 5.26. The van der Waals surface area contributed by atoms with Crippen LogP contribution in [-0.2, 0) is 20.0 Å². The topological polar surface area (TPSA) is 48.3 Å². The molecule has 108 valence electrons. The molecule has 0 amide bonds. The molecule has 0 aliphatic heterocycles. The van der Waals surface area contributed by atoms with Crippen LogP contribution in [-0.4, -0.2) is 30.5 Å². The standard InChI is InChI=1S/C15H21N3O2/c1-18-7-5-13(17-18)4-6-16-11-12-8-14(19-2)10-15(9-12)20-3/h5,7-10,16H,4,6,11H2,1-3H3. The summed E-state index contributed by atoms with van der Waals surface area (Å²) in [4.78, 5) is 0. The van der Waals surface area contributed by atoms with Crippen LogP contribution in [0.15, 0.2) is 30.5 Å². The van der Waals surface area contributed by atoms with Gasteiger partial charge in [0.25, 0.3) is 0 Å². The summed E-state index contributed by atoms with van der Waals surface area (Å²) in [6.07, 6.45) is 2.88. The largest absolute Gasteiger partial charge is 0.497 e. The molecular formula is C15H21N3O2. The number of hydrogen-bond donors (Lipinski definition) is 1. The first-order valence-electron chi connectivity index (χ1n) is 6.62. The molecule has 0 saturated carbocycles. The average molecular weight is 275 g/mol. The zero-order chi connectivity index (χ0) is 14.4. The van der Waals surface area contributed by atoms with Crippen molar-refractivity contribution in [1.29, 1.82) is 0 Å². The Balaban J connectivity index is 1.84. The van der Waals surface area contributed by atoms with E-state index in [0.29, 0.717) is 0 Å². The Morgan fingerprint density at radius 2 is 1.85 bits per heavy atom. The Hall–Kier alpha value is -2.01. The van der Waals surface area contributed by atoms with E-state index in [1.165, 1.54) is 0 Å². The molecule has 0 aliphatic carbocycles. The highest BCUT2D eigenvalue weighted by atomic mass is 16.5. The van der Waals surface area contributed by atoms with Crippen molar-refractivity contribution in [3.05, 3.63) is 41.7 Å². The quantitative estimate of drug-likeness (QED) is 0.782. The van der Waals surface area contributed by atoms with E-state index in [-0.39, 0.29) is 0 Å². The number of benzene rings is 1. The first-order valence-corrected chi connectivity index (χ1v) is 6.62. The first kappa shape index (κ1) is 14.4. The van der Waals surface area contributed by atoms with Gasteiger partial charge in [0, 0.05) is 38.8 Å². The Morgan fingerprint density at radius 1 is 1.15 bits per heavy atom. The highest BCUT2D eigenvalue weighted by molar-refractivity contribution is 5.38. The highest BCUT2D eigenvalue weighted by Gasteiger charge is 2.02. The van der Waals surface area contributed by atoms with Crippen LogP contribution in [0.4, 0.5) is 0 Å². The maximum absolute atomic E-state index is 5.26. The summed E-state index contributed by atoms with van der Waals surface area (Å²) in [5.41, 5.74) is 2.24. The molecule has 0 unspecified atom stereocenters. The summed E-state index contributed by atoms with van der Waals surface area (Å²) in [5.74, 6) is 1.62. The summed E-state index contributed by atoms with van der Waals surface area (Å²) in [6, 6.07) is 7.93. The third-order valence-electron chi connectivity index (χ3n) is 3.07. The molecule has 1 aromatic heterocycles. The van der Waals surface area contributed by atoms with Crippen molar-refractivity contribution in [2.75, 3.05) is 20.8 Å². The van der Waals surface area contributed by atoms with Crippen molar-refractivity contribution < 1.29 is 9.47 Å². The molecule has 0 radical (unpaired) electrons. The highest BCUT2D eigenvalue weighted by Crippen LogP contribution is 2.22. The molecule has 0 spiro atoms. The first-order chi connectivity index (χ1) is 9.71. The lowest BCUT2D eigenvalue weighted by Gasteiger charge is -2.09. The van der Waals surface area contributed by atoms with Gasteiger partial charge >= 0.3 is 0 Å². The monoisotopic (exact) mass is 275 g/mol. The van der Waals surface area contributed by atoms with Crippen molar-refractivity contribution in [2.24, 2.45) is 7.05 Å². The summed E-state index contributed by atoms with van der Waals surface area (Å²) in [7, 11) is 5.25. The molecular weight excluding hydrogens is 254 g/mol. The van der Waals surface area contributed by atoms with Crippen LogP contribution >= 0.6 is 0 Å². The molecule has 20 heavy (non-hydrogen) atoms. The fourth-order valence-corrected chi connectivity index (χ4v) is 2.01. The van der Waals surface area contributed by atoms with E-state index >= 15 is 0 Å². The lowest BCUT2D eigenvalue weighted by atomic mass is 10.2. The van der Waals surface area contributed by atoms with Crippen LogP contribution in [0.1, 0.15) is 11.3 Å². The second-order valence-corrected chi connectivity index (χ2v) is 4.63. The Labute approximate surface area is 119 Å². The number of hydrogen-bond acceptors (Lipinski definition) is 4. The van der Waals surface area contributed by atoms with E-state index in [1.54, 1.807) is 14.2 Å². The lowest BCUT2D eigenvalue weighted by molar-refractivity contribution is 0.393. The maximum Gasteiger partial charge on any atom is 0.122 e. The Kier molecular flexibility index (Phi) is 5.01. The van der Waals surface area contributed by atoms with Gasteiger partial charge in [-0.25, -0.2) is 0 Å². The molecule has 0 fully saturated rings. The summed E-state index contributed by atoms with van der Waals surface area (Å²) < 4.78 is 12.3. The summed E-state index contributed by atoms with van der Waals surface area (Å²) in [6.45, 7) is 1.66. The van der Waals surface area contributed by atoms with Gasteiger partial charge in [0.1, 0.15) is 11.5 Å². The molecule has 1 N–H and O–H groups in total. The molecule has 5 heteroatoms. The van der Waals surface area contributed by atoms with Gasteiger partial charge in [0.2, 0.25) is 0 Å². The zero-order valence-corrected chi connectivity index (χ0v) is 12.2. The molecule has 1 heterocycles. The van der Waals surface area contributed by atoms with Gasteiger partial charge < -0.3 is 14.8 Å². The Morgan fingerprint density at radius 3 is 2.40 bits per heavy atom. The van der Waals surface area contributed by atoms with Crippen LogP contribution in [0.2, 0.25) is 0 Å². The van der Waals surface area contributed by atoms with E-state index in [4.69, 9.17) is 9.47 Å². The Bertz CT molecular complexity index is 530. The predicted molar refractivity (Wildman–Crippen MR) is 78.2 cm³/mol. The predicted octanol–water partition coefficient (Wildman–Crippen LogP) is 1.77. The molecule has 2 rings (SSSR count). The van der Waals surface area contributed by atoms with Gasteiger partial charge in [0.05, 0.1) is 19.9 Å². The van der Waals surface area contributed by atoms with Crippen LogP contribution in [0.3, 0.4) is 0 Å². The number of ether oxygens (including phenoxy) is 2. The van der Waals surface area contributed by atoms with Crippen LogP contribution in [0, 0.1) is 0 Å². The normalized spacial score (nSPS) is 10.6. The molecule has 1 aromatic carbocycles. The molecule has 5 nitrogen and oxygen atoms in total. The minimum Gasteiger partial charge on any atom is -0.497 e. The molecule has 0 bridgehead atoms. The number of nitrogens with zero attached hydrogens (tertiary/aromatic N) is 2. The zero-order valence-electron chi connectivity index (χ0n) is 12.2. The van der Waals surface area contributed by atoms with E-state index in [1.807, 2.05) is 42.2 Å². The van der Waals surface area contributed by atoms with Crippen LogP contribution in [0.25, 0.3) is 0 Å². The van der Waals surface area contributed by atoms with E-state index in [9.17, 15) is 0 Å². The third kappa shape index (κ3) is 3.99. The molecule has 0 saturated heterocycles. The number of methoxy groups -OCH3 is 2. The van der Waals surface area contributed by atoms with Gasteiger partial charge in [-0.1, -0.05) is 0 Å². The summed E-state index contributed by atoms with van der Waals surface area (Å²) >= 11 is 0. The summed E-state index contributed by atoms with van der Waals surface area (Å²) in [5, 5.41) is 7.75. The third-order valence-corrected chi connectivity index (χ3v) is 3.07. The van der Waals surface area contributed by atoms with Crippen molar-refractivity contribution in [1.82, 2.24) is 15.1 Å².